The van der Waals surface area contributed by atoms with Crippen LogP contribution in [0, 0.1) is 5.92 Å². The fourth-order valence-electron chi connectivity index (χ4n) is 2.39. The zero-order chi connectivity index (χ0) is 14.5. The molecule has 1 aromatic heterocycles. The summed E-state index contributed by atoms with van der Waals surface area (Å²) in [5.41, 5.74) is 2.51. The van der Waals surface area contributed by atoms with Crippen LogP contribution in [0.1, 0.15) is 6.42 Å². The molecule has 2 aliphatic heterocycles. The lowest BCUT2D eigenvalue weighted by atomic mass is 10.1. The van der Waals surface area contributed by atoms with E-state index in [2.05, 4.69) is 30.6 Å². The van der Waals surface area contributed by atoms with Gasteiger partial charge < -0.3 is 15.0 Å². The maximum atomic E-state index is 5.46. The Kier molecular flexibility index (Phi) is 4.94. The Bertz CT molecular complexity index is 463. The minimum absolute atomic E-state index is 0.384. The van der Waals surface area contributed by atoms with Crippen molar-refractivity contribution in [3.8, 4) is 0 Å². The van der Waals surface area contributed by atoms with Crippen LogP contribution in [0.2, 0.25) is 0 Å². The van der Waals surface area contributed by atoms with Gasteiger partial charge in [-0.3, -0.25) is 5.43 Å². The van der Waals surface area contributed by atoms with Gasteiger partial charge in [0.25, 0.3) is 0 Å². The lowest BCUT2D eigenvalue weighted by molar-refractivity contribution is 0.122. The van der Waals surface area contributed by atoms with Gasteiger partial charge in [0.15, 0.2) is 0 Å². The second-order valence-corrected chi connectivity index (χ2v) is 6.29. The van der Waals surface area contributed by atoms with Gasteiger partial charge in [0.2, 0.25) is 17.8 Å². The number of nitrogens with one attached hydrogen (secondary N) is 2. The van der Waals surface area contributed by atoms with Gasteiger partial charge >= 0.3 is 0 Å². The van der Waals surface area contributed by atoms with E-state index in [1.807, 2.05) is 11.8 Å². The van der Waals surface area contributed by atoms with Crippen LogP contribution >= 0.6 is 11.8 Å². The van der Waals surface area contributed by atoms with Crippen molar-refractivity contribution in [1.29, 1.82) is 0 Å². The molecule has 1 aromatic rings. The van der Waals surface area contributed by atoms with Crippen molar-refractivity contribution in [2.75, 3.05) is 60.0 Å². The van der Waals surface area contributed by atoms with E-state index in [1.54, 1.807) is 0 Å². The normalized spacial score (nSPS) is 22.3. The quantitative estimate of drug-likeness (QED) is 0.518. The summed E-state index contributed by atoms with van der Waals surface area (Å²) in [5, 5.41) is 3.31. The number of hydrogen-bond acceptors (Lipinski definition) is 9. The highest BCUT2D eigenvalue weighted by molar-refractivity contribution is 7.99. The molecule has 0 bridgehead atoms. The van der Waals surface area contributed by atoms with Crippen LogP contribution < -0.4 is 21.5 Å². The molecule has 2 saturated heterocycles. The highest BCUT2D eigenvalue weighted by Crippen LogP contribution is 2.23. The first-order valence-electron chi connectivity index (χ1n) is 7.22. The summed E-state index contributed by atoms with van der Waals surface area (Å²) in [6, 6.07) is 0. The number of nitrogens with zero attached hydrogens (tertiary/aromatic N) is 4. The van der Waals surface area contributed by atoms with Crippen molar-refractivity contribution in [1.82, 2.24) is 15.0 Å². The number of nitrogen functional groups attached to an aromatic ring is 1. The minimum atomic E-state index is 0.384. The standard InChI is InChI=1S/C12H21N7OS/c13-18-11-15-10(14-7-9-1-6-21-8-9)16-12(17-11)19-2-4-20-5-3-19/h9H,1-8,13H2,(H2,14,15,16,17,18). The van der Waals surface area contributed by atoms with Gasteiger partial charge in [-0.15, -0.1) is 0 Å². The van der Waals surface area contributed by atoms with Gasteiger partial charge in [0.1, 0.15) is 0 Å². The maximum Gasteiger partial charge on any atom is 0.243 e. The molecule has 1 unspecified atom stereocenters. The third kappa shape index (κ3) is 3.86. The minimum Gasteiger partial charge on any atom is -0.378 e. The van der Waals surface area contributed by atoms with Crippen molar-refractivity contribution in [3.05, 3.63) is 0 Å². The van der Waals surface area contributed by atoms with Crippen LogP contribution in [-0.2, 0) is 4.74 Å². The van der Waals surface area contributed by atoms with Crippen molar-refractivity contribution in [3.63, 3.8) is 0 Å². The lowest BCUT2D eigenvalue weighted by Gasteiger charge is -2.27. The summed E-state index contributed by atoms with van der Waals surface area (Å²) in [4.78, 5) is 15.2. The van der Waals surface area contributed by atoms with Crippen LogP contribution in [-0.4, -0.2) is 59.3 Å². The van der Waals surface area contributed by atoms with Gasteiger partial charge in [0.05, 0.1) is 13.2 Å². The Hall–Kier alpha value is -1.32. The molecule has 0 amide bonds. The molecule has 21 heavy (non-hydrogen) atoms. The predicted octanol–water partition coefficient (Wildman–Crippen LogP) is 0.159. The molecule has 9 heteroatoms. The second kappa shape index (κ2) is 7.10. The smallest absolute Gasteiger partial charge is 0.243 e. The monoisotopic (exact) mass is 311 g/mol. The first-order chi connectivity index (χ1) is 10.3. The molecule has 8 nitrogen and oxygen atoms in total. The maximum absolute atomic E-state index is 5.46. The number of aromatic nitrogens is 3. The van der Waals surface area contributed by atoms with E-state index < -0.39 is 0 Å². The zero-order valence-electron chi connectivity index (χ0n) is 11.9. The molecule has 0 aliphatic carbocycles. The molecule has 0 saturated carbocycles. The lowest BCUT2D eigenvalue weighted by Crippen LogP contribution is -2.37. The molecule has 116 valence electrons. The topological polar surface area (TPSA) is 101 Å². The number of nitrogens with two attached hydrogens (primary N) is 1. The molecule has 3 rings (SSSR count). The number of ether oxygens (including phenoxy) is 1. The van der Waals surface area contributed by atoms with Crippen molar-refractivity contribution in [2.24, 2.45) is 11.8 Å². The predicted molar refractivity (Wildman–Crippen MR) is 84.6 cm³/mol. The summed E-state index contributed by atoms with van der Waals surface area (Å²) in [7, 11) is 0. The number of morpholine rings is 1. The first kappa shape index (κ1) is 14.6. The largest absolute Gasteiger partial charge is 0.378 e. The number of hydrazine groups is 1. The van der Waals surface area contributed by atoms with Crippen LogP contribution in [0.5, 0.6) is 0 Å². The molecule has 1 atom stereocenters. The van der Waals surface area contributed by atoms with Crippen molar-refractivity contribution in [2.45, 2.75) is 6.42 Å². The Balaban J connectivity index is 1.69. The van der Waals surface area contributed by atoms with E-state index in [0.29, 0.717) is 37.0 Å². The highest BCUT2D eigenvalue weighted by Gasteiger charge is 2.18. The van der Waals surface area contributed by atoms with Gasteiger partial charge in [-0.25, -0.2) is 5.84 Å². The van der Waals surface area contributed by atoms with Gasteiger partial charge in [-0.1, -0.05) is 0 Å². The number of thioether (sulfide) groups is 1. The summed E-state index contributed by atoms with van der Waals surface area (Å²) in [6.45, 7) is 3.85. The Morgan fingerprint density at radius 1 is 1.24 bits per heavy atom. The van der Waals surface area contributed by atoms with Gasteiger partial charge in [-0.2, -0.15) is 26.7 Å². The van der Waals surface area contributed by atoms with Crippen LogP contribution in [0.3, 0.4) is 0 Å². The van der Waals surface area contributed by atoms with E-state index in [1.165, 1.54) is 17.9 Å². The van der Waals surface area contributed by atoms with E-state index >= 15 is 0 Å². The molecule has 0 aromatic carbocycles. The van der Waals surface area contributed by atoms with E-state index in [4.69, 9.17) is 10.6 Å². The molecular weight excluding hydrogens is 290 g/mol. The zero-order valence-corrected chi connectivity index (χ0v) is 12.7. The second-order valence-electron chi connectivity index (χ2n) is 5.14. The molecule has 4 N–H and O–H groups in total. The molecule has 0 radical (unpaired) electrons. The third-order valence-electron chi connectivity index (χ3n) is 3.62. The summed E-state index contributed by atoms with van der Waals surface area (Å²) in [6.07, 6.45) is 1.25. The molecule has 3 heterocycles. The first-order valence-corrected chi connectivity index (χ1v) is 8.37. The average Bonchev–Trinajstić information content (AvgIpc) is 3.07. The average molecular weight is 311 g/mol. The van der Waals surface area contributed by atoms with Crippen molar-refractivity contribution >= 4 is 29.6 Å². The summed E-state index contributed by atoms with van der Waals surface area (Å²) >= 11 is 2.00. The number of rotatable bonds is 5. The molecular formula is C12H21N7OS. The fraction of sp³-hybridized carbons (Fsp3) is 0.750. The van der Waals surface area contributed by atoms with E-state index in [0.717, 1.165) is 19.6 Å². The summed E-state index contributed by atoms with van der Waals surface area (Å²) < 4.78 is 5.35. The third-order valence-corrected chi connectivity index (χ3v) is 4.85. The van der Waals surface area contributed by atoms with Crippen LogP contribution in [0.25, 0.3) is 0 Å². The Morgan fingerprint density at radius 2 is 2.05 bits per heavy atom. The van der Waals surface area contributed by atoms with Crippen LogP contribution in [0.4, 0.5) is 17.8 Å². The highest BCUT2D eigenvalue weighted by atomic mass is 32.2. The molecule has 2 aliphatic rings. The van der Waals surface area contributed by atoms with Gasteiger partial charge in [0, 0.05) is 19.6 Å². The fourth-order valence-corrected chi connectivity index (χ4v) is 3.68. The van der Waals surface area contributed by atoms with Gasteiger partial charge in [-0.05, 0) is 23.8 Å². The molecule has 0 spiro atoms. The number of anilines is 3. The Morgan fingerprint density at radius 3 is 2.76 bits per heavy atom. The number of hydrogen-bond donors (Lipinski definition) is 3. The Labute approximate surface area is 128 Å². The SMILES string of the molecule is NNc1nc(NCC2CCSC2)nc(N2CCOCC2)n1. The van der Waals surface area contributed by atoms with Crippen molar-refractivity contribution < 1.29 is 4.74 Å². The molecule has 2 fully saturated rings. The van der Waals surface area contributed by atoms with E-state index in [9.17, 15) is 0 Å². The summed E-state index contributed by atoms with van der Waals surface area (Å²) in [5.74, 6) is 10.2. The van der Waals surface area contributed by atoms with Crippen LogP contribution in [0.15, 0.2) is 0 Å². The van der Waals surface area contributed by atoms with E-state index in [-0.39, 0.29) is 0 Å².